The van der Waals surface area contributed by atoms with Crippen LogP contribution in [0.25, 0.3) is 0 Å². The minimum absolute atomic E-state index is 0.0903. The lowest BCUT2D eigenvalue weighted by Gasteiger charge is -2.30. The van der Waals surface area contributed by atoms with Crippen LogP contribution in [0.1, 0.15) is 32.1 Å². The molecule has 1 unspecified atom stereocenters. The first-order valence-corrected chi connectivity index (χ1v) is 9.18. The molecule has 2 heterocycles. The van der Waals surface area contributed by atoms with Crippen LogP contribution < -0.4 is 10.2 Å². The van der Waals surface area contributed by atoms with Gasteiger partial charge in [0.05, 0.1) is 5.92 Å². The van der Waals surface area contributed by atoms with Crippen molar-refractivity contribution in [3.63, 3.8) is 0 Å². The molecule has 0 aliphatic carbocycles. The number of benzene rings is 1. The Morgan fingerprint density at radius 2 is 1.92 bits per heavy atom. The largest absolute Gasteiger partial charge is 0.481 e. The molecule has 0 aromatic heterocycles. The van der Waals surface area contributed by atoms with Crippen LogP contribution in [-0.2, 0) is 14.4 Å². The van der Waals surface area contributed by atoms with E-state index in [0.717, 1.165) is 31.6 Å². The van der Waals surface area contributed by atoms with Crippen LogP contribution in [0.15, 0.2) is 24.3 Å². The Morgan fingerprint density at radius 1 is 1.15 bits per heavy atom. The Bertz CT molecular complexity index is 674. The van der Waals surface area contributed by atoms with Gasteiger partial charge in [0.15, 0.2) is 0 Å². The highest BCUT2D eigenvalue weighted by atomic mass is 16.4. The van der Waals surface area contributed by atoms with Gasteiger partial charge in [-0.2, -0.15) is 0 Å². The molecule has 3 rings (SSSR count). The second-order valence-electron chi connectivity index (χ2n) is 6.97. The van der Waals surface area contributed by atoms with Gasteiger partial charge >= 0.3 is 5.97 Å². The highest BCUT2D eigenvalue weighted by Gasteiger charge is 2.25. The predicted molar refractivity (Wildman–Crippen MR) is 98.1 cm³/mol. The average molecular weight is 359 g/mol. The van der Waals surface area contributed by atoms with Crippen molar-refractivity contribution in [2.24, 2.45) is 5.92 Å². The standard InChI is InChI=1S/C19H25N3O4/c23-17(9-12-21-10-1-3-14(13-21)19(25)26)20-15-5-7-16(8-6-15)22-11-2-4-18(22)24/h5-8,14H,1-4,9-13H2,(H,20,23)(H,25,26). The third-order valence-electron chi connectivity index (χ3n) is 5.05. The highest BCUT2D eigenvalue weighted by molar-refractivity contribution is 5.96. The molecule has 2 fully saturated rings. The molecule has 140 valence electrons. The van der Waals surface area contributed by atoms with Crippen molar-refractivity contribution in [3.8, 4) is 0 Å². The van der Waals surface area contributed by atoms with Crippen molar-refractivity contribution < 1.29 is 19.5 Å². The molecule has 26 heavy (non-hydrogen) atoms. The number of carboxylic acids is 1. The van der Waals surface area contributed by atoms with Crippen LogP contribution in [0.4, 0.5) is 11.4 Å². The number of rotatable bonds is 6. The number of aliphatic carboxylic acids is 1. The molecular weight excluding hydrogens is 334 g/mol. The van der Waals surface area contributed by atoms with Gasteiger partial charge in [-0.1, -0.05) is 0 Å². The van der Waals surface area contributed by atoms with Crippen LogP contribution in [0.5, 0.6) is 0 Å². The lowest BCUT2D eigenvalue weighted by atomic mass is 9.98. The second-order valence-corrected chi connectivity index (χ2v) is 6.97. The van der Waals surface area contributed by atoms with E-state index >= 15 is 0 Å². The summed E-state index contributed by atoms with van der Waals surface area (Å²) in [5, 5.41) is 12.0. The van der Waals surface area contributed by atoms with Gasteiger partial charge in [0, 0.05) is 43.9 Å². The van der Waals surface area contributed by atoms with E-state index in [1.807, 2.05) is 17.0 Å². The number of hydrogen-bond donors (Lipinski definition) is 2. The Labute approximate surface area is 153 Å². The summed E-state index contributed by atoms with van der Waals surface area (Å²) in [7, 11) is 0. The number of hydrogen-bond acceptors (Lipinski definition) is 4. The number of carbonyl (C=O) groups excluding carboxylic acids is 2. The minimum Gasteiger partial charge on any atom is -0.481 e. The first kappa shape index (κ1) is 18.4. The molecular formula is C19H25N3O4. The van der Waals surface area contributed by atoms with Crippen LogP contribution >= 0.6 is 0 Å². The summed E-state index contributed by atoms with van der Waals surface area (Å²) >= 11 is 0. The van der Waals surface area contributed by atoms with E-state index in [1.54, 1.807) is 17.0 Å². The van der Waals surface area contributed by atoms with Crippen molar-refractivity contribution >= 4 is 29.2 Å². The third kappa shape index (κ3) is 4.60. The topological polar surface area (TPSA) is 89.9 Å². The van der Waals surface area contributed by atoms with Gasteiger partial charge in [0.1, 0.15) is 0 Å². The summed E-state index contributed by atoms with van der Waals surface area (Å²) < 4.78 is 0. The van der Waals surface area contributed by atoms with Crippen LogP contribution in [0.2, 0.25) is 0 Å². The smallest absolute Gasteiger partial charge is 0.307 e. The minimum atomic E-state index is -0.754. The summed E-state index contributed by atoms with van der Waals surface area (Å²) in [4.78, 5) is 38.8. The maximum absolute atomic E-state index is 12.1. The first-order chi connectivity index (χ1) is 12.5. The number of piperidine rings is 1. The number of likely N-dealkylation sites (tertiary alicyclic amines) is 1. The zero-order valence-corrected chi connectivity index (χ0v) is 14.8. The van der Waals surface area contributed by atoms with Crippen molar-refractivity contribution in [1.29, 1.82) is 0 Å². The lowest BCUT2D eigenvalue weighted by molar-refractivity contribution is -0.143. The van der Waals surface area contributed by atoms with Crippen molar-refractivity contribution in [1.82, 2.24) is 4.90 Å². The van der Waals surface area contributed by atoms with Gasteiger partial charge in [0.25, 0.3) is 0 Å². The zero-order valence-electron chi connectivity index (χ0n) is 14.8. The Kier molecular flexibility index (Phi) is 5.88. The molecule has 0 saturated carbocycles. The predicted octanol–water partition coefficient (Wildman–Crippen LogP) is 1.94. The SMILES string of the molecule is O=C(CCN1CCCC(C(=O)O)C1)Nc1ccc(N2CCCC2=O)cc1. The molecule has 1 aromatic carbocycles. The van der Waals surface area contributed by atoms with Crippen LogP contribution in [0, 0.1) is 5.92 Å². The lowest BCUT2D eigenvalue weighted by Crippen LogP contribution is -2.40. The van der Waals surface area contributed by atoms with Crippen LogP contribution in [0.3, 0.4) is 0 Å². The summed E-state index contributed by atoms with van der Waals surface area (Å²) in [5.41, 5.74) is 1.56. The average Bonchev–Trinajstić information content (AvgIpc) is 3.07. The third-order valence-corrected chi connectivity index (χ3v) is 5.05. The Hall–Kier alpha value is -2.41. The molecule has 0 bridgehead atoms. The van der Waals surface area contributed by atoms with Crippen molar-refractivity contribution in [2.45, 2.75) is 32.1 Å². The number of carbonyl (C=O) groups is 3. The van der Waals surface area contributed by atoms with E-state index < -0.39 is 5.97 Å². The summed E-state index contributed by atoms with van der Waals surface area (Å²) in [5.74, 6) is -1.03. The van der Waals surface area contributed by atoms with E-state index in [1.165, 1.54) is 0 Å². The summed E-state index contributed by atoms with van der Waals surface area (Å²) in [6.45, 7) is 2.67. The first-order valence-electron chi connectivity index (χ1n) is 9.18. The number of carboxylic acid groups (broad SMARTS) is 1. The van der Waals surface area contributed by atoms with Gasteiger partial charge < -0.3 is 20.2 Å². The van der Waals surface area contributed by atoms with Crippen molar-refractivity contribution in [2.75, 3.05) is 36.4 Å². The summed E-state index contributed by atoms with van der Waals surface area (Å²) in [6.07, 6.45) is 3.38. The number of nitrogens with one attached hydrogen (secondary N) is 1. The quantitative estimate of drug-likeness (QED) is 0.810. The fourth-order valence-electron chi connectivity index (χ4n) is 3.59. The molecule has 2 N–H and O–H groups in total. The molecule has 2 aliphatic rings. The molecule has 0 radical (unpaired) electrons. The normalized spacial score (nSPS) is 21.0. The molecule has 2 aliphatic heterocycles. The maximum Gasteiger partial charge on any atom is 0.307 e. The fraction of sp³-hybridized carbons (Fsp3) is 0.526. The van der Waals surface area contributed by atoms with E-state index in [0.29, 0.717) is 38.0 Å². The molecule has 0 spiro atoms. The van der Waals surface area contributed by atoms with E-state index in [-0.39, 0.29) is 17.7 Å². The number of nitrogens with zero attached hydrogens (tertiary/aromatic N) is 2. The number of anilines is 2. The van der Waals surface area contributed by atoms with Crippen molar-refractivity contribution in [3.05, 3.63) is 24.3 Å². The van der Waals surface area contributed by atoms with E-state index in [4.69, 9.17) is 5.11 Å². The van der Waals surface area contributed by atoms with Crippen LogP contribution in [-0.4, -0.2) is 54.0 Å². The molecule has 2 saturated heterocycles. The van der Waals surface area contributed by atoms with Gasteiger partial charge in [-0.25, -0.2) is 0 Å². The van der Waals surface area contributed by atoms with Gasteiger partial charge in [-0.05, 0) is 50.1 Å². The second kappa shape index (κ2) is 8.31. The highest BCUT2D eigenvalue weighted by Crippen LogP contribution is 2.23. The van der Waals surface area contributed by atoms with E-state index in [2.05, 4.69) is 5.32 Å². The molecule has 2 amide bonds. The molecule has 1 aromatic rings. The zero-order chi connectivity index (χ0) is 18.5. The van der Waals surface area contributed by atoms with Gasteiger partial charge in [0.2, 0.25) is 11.8 Å². The Balaban J connectivity index is 1.46. The van der Waals surface area contributed by atoms with Gasteiger partial charge in [-0.3, -0.25) is 14.4 Å². The molecule has 7 nitrogen and oxygen atoms in total. The van der Waals surface area contributed by atoms with Gasteiger partial charge in [-0.15, -0.1) is 0 Å². The number of amides is 2. The summed E-state index contributed by atoms with van der Waals surface area (Å²) in [6, 6.07) is 7.31. The van der Waals surface area contributed by atoms with E-state index in [9.17, 15) is 14.4 Å². The molecule has 1 atom stereocenters. The fourth-order valence-corrected chi connectivity index (χ4v) is 3.59. The monoisotopic (exact) mass is 359 g/mol. The molecule has 7 heteroatoms. The maximum atomic E-state index is 12.1. The Morgan fingerprint density at radius 3 is 2.58 bits per heavy atom.